The van der Waals surface area contributed by atoms with E-state index < -0.39 is 0 Å². The third kappa shape index (κ3) is 4.09. The minimum atomic E-state index is -0.315. The van der Waals surface area contributed by atoms with Gasteiger partial charge in [0.2, 0.25) is 0 Å². The second-order valence-corrected chi connectivity index (χ2v) is 5.77. The van der Waals surface area contributed by atoms with Crippen molar-refractivity contribution < 1.29 is 19.1 Å². The summed E-state index contributed by atoms with van der Waals surface area (Å²) < 4.78 is 10.5. The Balaban J connectivity index is 2.33. The first-order valence-electron chi connectivity index (χ1n) is 7.73. The lowest BCUT2D eigenvalue weighted by molar-refractivity contribution is 0.0824. The number of anilines is 1. The molecule has 0 heterocycles. The third-order valence-corrected chi connectivity index (χ3v) is 3.70. The predicted octanol–water partition coefficient (Wildman–Crippen LogP) is 2.97. The number of amides is 2. The van der Waals surface area contributed by atoms with E-state index in [1.165, 1.54) is 19.1 Å². The first kappa shape index (κ1) is 18.3. The Morgan fingerprint density at radius 2 is 1.60 bits per heavy atom. The molecule has 0 aliphatic heterocycles. The second kappa shape index (κ2) is 7.70. The van der Waals surface area contributed by atoms with Crippen LogP contribution in [-0.2, 0) is 0 Å². The molecule has 6 heteroatoms. The van der Waals surface area contributed by atoms with Crippen molar-refractivity contribution in [1.29, 1.82) is 0 Å². The zero-order valence-corrected chi connectivity index (χ0v) is 15.0. The molecular weight excluding hydrogens is 320 g/mol. The van der Waals surface area contributed by atoms with Crippen LogP contribution in [-0.4, -0.2) is 45.0 Å². The predicted molar refractivity (Wildman–Crippen MR) is 96.7 cm³/mol. The van der Waals surface area contributed by atoms with Crippen molar-refractivity contribution in [3.05, 3.63) is 53.1 Å². The monoisotopic (exact) mass is 342 g/mol. The molecule has 6 nitrogen and oxygen atoms in total. The van der Waals surface area contributed by atoms with Crippen molar-refractivity contribution in [3.63, 3.8) is 0 Å². The molecule has 0 aliphatic carbocycles. The van der Waals surface area contributed by atoms with Crippen molar-refractivity contribution in [2.45, 2.75) is 6.92 Å². The summed E-state index contributed by atoms with van der Waals surface area (Å²) in [5.41, 5.74) is 2.29. The highest BCUT2D eigenvalue weighted by atomic mass is 16.5. The van der Waals surface area contributed by atoms with Gasteiger partial charge in [0, 0.05) is 19.8 Å². The third-order valence-electron chi connectivity index (χ3n) is 3.70. The van der Waals surface area contributed by atoms with Crippen LogP contribution in [0.2, 0.25) is 0 Å². The van der Waals surface area contributed by atoms with Gasteiger partial charge in [-0.1, -0.05) is 6.07 Å². The molecular formula is C19H22N2O4. The molecule has 0 bridgehead atoms. The Labute approximate surface area is 147 Å². The molecule has 0 aliphatic rings. The fourth-order valence-corrected chi connectivity index (χ4v) is 2.38. The maximum absolute atomic E-state index is 12.6. The molecule has 0 unspecified atom stereocenters. The Hall–Kier alpha value is -3.02. The Bertz CT molecular complexity index is 800. The zero-order chi connectivity index (χ0) is 18.6. The summed E-state index contributed by atoms with van der Waals surface area (Å²) in [5.74, 6) is 0.423. The van der Waals surface area contributed by atoms with Crippen LogP contribution in [0.15, 0.2) is 36.4 Å². The molecule has 0 spiro atoms. The summed E-state index contributed by atoms with van der Waals surface area (Å²) in [7, 11) is 6.33. The number of hydrogen-bond acceptors (Lipinski definition) is 4. The number of aryl methyl sites for hydroxylation is 1. The van der Waals surface area contributed by atoms with Crippen molar-refractivity contribution in [2.24, 2.45) is 0 Å². The number of rotatable bonds is 5. The van der Waals surface area contributed by atoms with Gasteiger partial charge in [-0.2, -0.15) is 0 Å². The summed E-state index contributed by atoms with van der Waals surface area (Å²) >= 11 is 0. The minimum absolute atomic E-state index is 0.208. The first-order valence-corrected chi connectivity index (χ1v) is 7.73. The molecule has 2 amide bonds. The molecule has 0 saturated heterocycles. The van der Waals surface area contributed by atoms with E-state index in [0.717, 1.165) is 5.56 Å². The van der Waals surface area contributed by atoms with Crippen LogP contribution in [0.3, 0.4) is 0 Å². The SMILES string of the molecule is COc1cc(C)ccc1C(=O)Nc1ccc(OC)c(C(=O)N(C)C)c1. The van der Waals surface area contributed by atoms with Crippen LogP contribution in [0.4, 0.5) is 5.69 Å². The number of benzene rings is 2. The van der Waals surface area contributed by atoms with E-state index >= 15 is 0 Å². The molecule has 1 N–H and O–H groups in total. The quantitative estimate of drug-likeness (QED) is 0.907. The van der Waals surface area contributed by atoms with E-state index in [2.05, 4.69) is 5.32 Å². The highest BCUT2D eigenvalue weighted by Gasteiger charge is 2.17. The van der Waals surface area contributed by atoms with Gasteiger partial charge in [0.05, 0.1) is 25.3 Å². The van der Waals surface area contributed by atoms with Crippen LogP contribution in [0.5, 0.6) is 11.5 Å². The van der Waals surface area contributed by atoms with Gasteiger partial charge in [0.1, 0.15) is 11.5 Å². The summed E-state index contributed by atoms with van der Waals surface area (Å²) in [6.45, 7) is 1.92. The van der Waals surface area contributed by atoms with E-state index in [1.54, 1.807) is 44.4 Å². The highest BCUT2D eigenvalue weighted by Crippen LogP contribution is 2.25. The van der Waals surface area contributed by atoms with Crippen LogP contribution >= 0.6 is 0 Å². The first-order chi connectivity index (χ1) is 11.9. The Kier molecular flexibility index (Phi) is 5.64. The average molecular weight is 342 g/mol. The maximum Gasteiger partial charge on any atom is 0.259 e. The number of carbonyl (C=O) groups is 2. The van der Waals surface area contributed by atoms with Gasteiger partial charge in [0.15, 0.2) is 0 Å². The molecule has 0 radical (unpaired) electrons. The summed E-state index contributed by atoms with van der Waals surface area (Å²) in [6, 6.07) is 10.3. The summed E-state index contributed by atoms with van der Waals surface area (Å²) in [6.07, 6.45) is 0. The average Bonchev–Trinajstić information content (AvgIpc) is 2.60. The van der Waals surface area contributed by atoms with Crippen LogP contribution in [0, 0.1) is 6.92 Å². The zero-order valence-electron chi connectivity index (χ0n) is 15.0. The Morgan fingerprint density at radius 3 is 2.20 bits per heavy atom. The van der Waals surface area contributed by atoms with Gasteiger partial charge in [0.25, 0.3) is 11.8 Å². The van der Waals surface area contributed by atoms with Gasteiger partial charge in [-0.15, -0.1) is 0 Å². The van der Waals surface area contributed by atoms with Crippen LogP contribution < -0.4 is 14.8 Å². The smallest absolute Gasteiger partial charge is 0.259 e. The van der Waals surface area contributed by atoms with Crippen molar-refractivity contribution in [1.82, 2.24) is 4.90 Å². The summed E-state index contributed by atoms with van der Waals surface area (Å²) in [4.78, 5) is 26.3. The fourth-order valence-electron chi connectivity index (χ4n) is 2.38. The van der Waals surface area contributed by atoms with E-state index in [4.69, 9.17) is 9.47 Å². The largest absolute Gasteiger partial charge is 0.496 e. The number of nitrogens with zero attached hydrogens (tertiary/aromatic N) is 1. The summed E-state index contributed by atoms with van der Waals surface area (Å²) in [5, 5.41) is 2.79. The lowest BCUT2D eigenvalue weighted by Gasteiger charge is -2.15. The molecule has 2 aromatic rings. The van der Waals surface area contributed by atoms with E-state index in [0.29, 0.717) is 28.3 Å². The number of hydrogen-bond donors (Lipinski definition) is 1. The lowest BCUT2D eigenvalue weighted by atomic mass is 10.1. The highest BCUT2D eigenvalue weighted by molar-refractivity contribution is 6.07. The second-order valence-electron chi connectivity index (χ2n) is 5.77. The maximum atomic E-state index is 12.6. The molecule has 0 atom stereocenters. The molecule has 0 aromatic heterocycles. The molecule has 25 heavy (non-hydrogen) atoms. The number of carbonyl (C=O) groups excluding carboxylic acids is 2. The molecule has 0 fully saturated rings. The minimum Gasteiger partial charge on any atom is -0.496 e. The van der Waals surface area contributed by atoms with E-state index in [-0.39, 0.29) is 11.8 Å². The topological polar surface area (TPSA) is 67.9 Å². The van der Waals surface area contributed by atoms with Gasteiger partial charge >= 0.3 is 0 Å². The lowest BCUT2D eigenvalue weighted by Crippen LogP contribution is -2.22. The van der Waals surface area contributed by atoms with E-state index in [9.17, 15) is 9.59 Å². The van der Waals surface area contributed by atoms with Gasteiger partial charge in [-0.05, 0) is 42.8 Å². The van der Waals surface area contributed by atoms with Gasteiger partial charge < -0.3 is 19.7 Å². The molecule has 2 aromatic carbocycles. The van der Waals surface area contributed by atoms with Crippen molar-refractivity contribution in [2.75, 3.05) is 33.6 Å². The standard InChI is InChI=1S/C19H22N2O4/c1-12-6-8-14(17(10-12)25-5)18(22)20-13-7-9-16(24-4)15(11-13)19(23)21(2)3/h6-11H,1-5H3,(H,20,22). The number of ether oxygens (including phenoxy) is 2. The molecule has 2 rings (SSSR count). The molecule has 0 saturated carbocycles. The van der Waals surface area contributed by atoms with Crippen LogP contribution in [0.25, 0.3) is 0 Å². The number of methoxy groups -OCH3 is 2. The van der Waals surface area contributed by atoms with Gasteiger partial charge in [-0.3, -0.25) is 9.59 Å². The number of nitrogens with one attached hydrogen (secondary N) is 1. The van der Waals surface area contributed by atoms with Crippen LogP contribution in [0.1, 0.15) is 26.3 Å². The fraction of sp³-hybridized carbons (Fsp3) is 0.263. The van der Waals surface area contributed by atoms with E-state index in [1.807, 2.05) is 13.0 Å². The van der Waals surface area contributed by atoms with Gasteiger partial charge in [-0.25, -0.2) is 0 Å². The van der Waals surface area contributed by atoms with Crippen molar-refractivity contribution in [3.8, 4) is 11.5 Å². The molecule has 132 valence electrons. The van der Waals surface area contributed by atoms with Crippen molar-refractivity contribution >= 4 is 17.5 Å². The Morgan fingerprint density at radius 1 is 0.920 bits per heavy atom. The normalized spacial score (nSPS) is 10.1.